The van der Waals surface area contributed by atoms with E-state index in [9.17, 15) is 40.8 Å². The number of nitrogens with zero attached hydrogens (tertiary/aromatic N) is 4. The number of rotatable bonds is 9. The first-order valence-electron chi connectivity index (χ1n) is 18.6. The number of allylic oxidation sites excluding steroid dienone is 2. The Hall–Kier alpha value is -4.67. The zero-order valence-corrected chi connectivity index (χ0v) is 31.2. The molecule has 0 spiro atoms. The number of sulfonamides is 1. The van der Waals surface area contributed by atoms with Crippen molar-refractivity contribution in [2.75, 3.05) is 6.54 Å². The summed E-state index contributed by atoms with van der Waals surface area (Å²) in [5, 5.41) is 3.13. The lowest BCUT2D eigenvalue weighted by molar-refractivity contribution is -0.142. The van der Waals surface area contributed by atoms with Crippen molar-refractivity contribution in [1.29, 1.82) is 0 Å². The predicted octanol–water partition coefficient (Wildman–Crippen LogP) is 5.51. The molecule has 2 amide bonds. The summed E-state index contributed by atoms with van der Waals surface area (Å²) in [6.45, 7) is 1.97. The molecule has 3 aromatic rings. The van der Waals surface area contributed by atoms with Gasteiger partial charge in [-0.3, -0.25) is 23.9 Å². The number of hydrogen-bond donors (Lipinski definition) is 1. The number of fused-ring (bicyclic) bond motifs is 3. The molecule has 4 aliphatic rings. The van der Waals surface area contributed by atoms with Crippen molar-refractivity contribution >= 4 is 44.4 Å². The Morgan fingerprint density at radius 3 is 2.58 bits per heavy atom. The predicted molar refractivity (Wildman–Crippen MR) is 190 cm³/mol. The Morgan fingerprint density at radius 2 is 1.87 bits per heavy atom. The number of Topliss-reactive ketones (excluding diaryl/α,β-unsaturated/α-hetero) is 2. The summed E-state index contributed by atoms with van der Waals surface area (Å²) in [6.07, 6.45) is 5.93. The van der Waals surface area contributed by atoms with Crippen LogP contribution in [0.2, 0.25) is 0 Å². The first-order chi connectivity index (χ1) is 26.0. The van der Waals surface area contributed by atoms with Gasteiger partial charge in [0, 0.05) is 44.2 Å². The number of nitrogens with one attached hydrogen (secondary N) is 1. The number of carbonyl (C=O) groups excluding carboxylic acids is 4. The van der Waals surface area contributed by atoms with Gasteiger partial charge in [-0.1, -0.05) is 30.2 Å². The summed E-state index contributed by atoms with van der Waals surface area (Å²) in [5.74, 6) is -8.03. The molecule has 1 saturated heterocycles. The molecule has 5 atom stereocenters. The molecule has 2 aliphatic carbocycles. The van der Waals surface area contributed by atoms with Gasteiger partial charge >= 0.3 is 0 Å². The van der Waals surface area contributed by atoms with Crippen molar-refractivity contribution in [3.8, 4) is 5.88 Å². The zero-order chi connectivity index (χ0) is 39.3. The summed E-state index contributed by atoms with van der Waals surface area (Å²) in [5.41, 5.74) is -2.19. The normalized spacial score (nSPS) is 27.1. The third-order valence-corrected chi connectivity index (χ3v) is 12.8. The van der Waals surface area contributed by atoms with Gasteiger partial charge in [0.1, 0.15) is 23.4 Å². The molecule has 3 fully saturated rings. The monoisotopic (exact) mass is 785 g/mol. The number of aromatic nitrogens is 3. The maximum atomic E-state index is 14.9. The van der Waals surface area contributed by atoms with Crippen molar-refractivity contribution in [2.24, 2.45) is 17.3 Å². The quantitative estimate of drug-likeness (QED) is 0.214. The highest BCUT2D eigenvalue weighted by atomic mass is 32.2. The smallest absolute Gasteiger partial charge is 0.292 e. The lowest BCUT2D eigenvalue weighted by atomic mass is 9.90. The van der Waals surface area contributed by atoms with Crippen molar-refractivity contribution in [3.63, 3.8) is 0 Å². The molecule has 1 aromatic carbocycles. The van der Waals surface area contributed by atoms with Gasteiger partial charge in [0.2, 0.25) is 27.7 Å². The molecular weight excluding hydrogens is 744 g/mol. The molecule has 294 valence electrons. The fraction of sp³-hybridized carbons (Fsp3) is 0.553. The molecular formula is C38H42F3N5O8S. The third-order valence-electron chi connectivity index (χ3n) is 11.0. The number of alkyl halides is 2. The first-order valence-corrected chi connectivity index (χ1v) is 20.1. The van der Waals surface area contributed by atoms with Crippen LogP contribution in [-0.4, -0.2) is 75.8 Å². The minimum Gasteiger partial charge on any atom is -0.471 e. The Kier molecular flexibility index (Phi) is 10.4. The minimum atomic E-state index is -3.94. The van der Waals surface area contributed by atoms with E-state index < -0.39 is 97.8 Å². The van der Waals surface area contributed by atoms with Crippen molar-refractivity contribution in [3.05, 3.63) is 59.4 Å². The summed E-state index contributed by atoms with van der Waals surface area (Å²) in [6, 6.07) is 3.54. The first kappa shape index (κ1) is 38.6. The lowest BCUT2D eigenvalue weighted by Gasteiger charge is -2.29. The van der Waals surface area contributed by atoms with Crippen LogP contribution in [0.25, 0.3) is 11.0 Å². The van der Waals surface area contributed by atoms with Crippen LogP contribution in [0.3, 0.4) is 0 Å². The molecule has 0 radical (unpaired) electrons. The van der Waals surface area contributed by atoms with E-state index in [-0.39, 0.29) is 42.5 Å². The van der Waals surface area contributed by atoms with Crippen LogP contribution in [0.15, 0.2) is 40.9 Å². The maximum absolute atomic E-state index is 14.9. The summed E-state index contributed by atoms with van der Waals surface area (Å²) in [4.78, 5) is 65.5. The molecule has 2 aliphatic heterocycles. The summed E-state index contributed by atoms with van der Waals surface area (Å²) in [7, 11) is -3.94. The summed E-state index contributed by atoms with van der Waals surface area (Å²) >= 11 is 0. The molecule has 2 aromatic heterocycles. The number of amides is 2. The van der Waals surface area contributed by atoms with E-state index >= 15 is 0 Å². The Balaban J connectivity index is 1.22. The lowest BCUT2D eigenvalue weighted by Crippen LogP contribution is -2.46. The van der Waals surface area contributed by atoms with E-state index in [1.165, 1.54) is 17.0 Å². The number of benzene rings is 1. The fourth-order valence-electron chi connectivity index (χ4n) is 7.68. The molecule has 0 unspecified atom stereocenters. The second-order valence-corrected chi connectivity index (χ2v) is 17.3. The largest absolute Gasteiger partial charge is 0.471 e. The van der Waals surface area contributed by atoms with E-state index in [0.717, 1.165) is 18.6 Å². The Labute approximate surface area is 315 Å². The van der Waals surface area contributed by atoms with E-state index in [0.29, 0.717) is 51.2 Å². The molecule has 0 bridgehead atoms. The highest BCUT2D eigenvalue weighted by molar-refractivity contribution is 7.90. The van der Waals surface area contributed by atoms with Crippen LogP contribution in [0, 0.1) is 30.0 Å². The Morgan fingerprint density at radius 1 is 1.09 bits per heavy atom. The molecule has 1 N–H and O–H groups in total. The van der Waals surface area contributed by atoms with Gasteiger partial charge in [0.25, 0.3) is 5.92 Å². The van der Waals surface area contributed by atoms with Crippen LogP contribution < -0.4 is 9.46 Å². The maximum Gasteiger partial charge on any atom is 0.292 e. The highest BCUT2D eigenvalue weighted by Crippen LogP contribution is 2.57. The van der Waals surface area contributed by atoms with Crippen LogP contribution in [0.1, 0.15) is 99.5 Å². The summed E-state index contributed by atoms with van der Waals surface area (Å²) < 4.78 is 83.0. The number of aryl methyl sites for hydroxylation is 1. The van der Waals surface area contributed by atoms with Crippen LogP contribution in [-0.2, 0) is 30.3 Å². The molecule has 2 saturated carbocycles. The van der Waals surface area contributed by atoms with Gasteiger partial charge < -0.3 is 14.2 Å². The SMILES string of the molecule is Cc1cc(C(=O)C[C@H]2CCCCC/C=C\[C@@H]3C[C@@]3(C(=O)NS(=O)(=O)C3CC3)CC(=O)[C@@H]3C[C@@H](Oc4nc5cc(F)ccc5nc4C(C)(F)F)CN3C2=O)no1. The van der Waals surface area contributed by atoms with Gasteiger partial charge in [-0.25, -0.2) is 22.8 Å². The van der Waals surface area contributed by atoms with E-state index in [1.807, 2.05) is 12.2 Å². The average molecular weight is 786 g/mol. The minimum absolute atomic E-state index is 0.00448. The van der Waals surface area contributed by atoms with E-state index in [4.69, 9.17) is 9.26 Å². The molecule has 13 nitrogen and oxygen atoms in total. The molecule has 4 heterocycles. The molecule has 55 heavy (non-hydrogen) atoms. The van der Waals surface area contributed by atoms with Gasteiger partial charge in [-0.05, 0) is 63.5 Å². The molecule has 7 rings (SSSR count). The number of hydrogen-bond acceptors (Lipinski definition) is 11. The van der Waals surface area contributed by atoms with Gasteiger partial charge in [0.05, 0.1) is 34.3 Å². The second kappa shape index (κ2) is 14.8. The Bertz CT molecular complexity index is 2170. The highest BCUT2D eigenvalue weighted by Gasteiger charge is 2.61. The van der Waals surface area contributed by atoms with Gasteiger partial charge in [-0.2, -0.15) is 8.78 Å². The topological polar surface area (TPSA) is 179 Å². The van der Waals surface area contributed by atoms with E-state index in [1.54, 1.807) is 6.92 Å². The number of ether oxygens (including phenoxy) is 1. The average Bonchev–Trinajstić information content (AvgIpc) is 4.01. The molecule has 17 heteroatoms. The standard InChI is InChI=1S/C38H42F3N5O8S/c1-21-14-29(44-54-21)31(47)15-22-8-6-4-3-5-7-9-23-18-38(23,36(50)45-55(51,52)26-11-12-26)19-32(48)30-17-25(20-46(30)35(22)49)53-34-33(37(2,40)41)42-27-13-10-24(39)16-28(27)43-34/h7,9-10,13-14,16,22-23,25-26,30H,3-6,8,11-12,15,17-20H2,1-2H3,(H,45,50)/b9-7-/t22-,23-,25-,30+,38-/m1/s1. The zero-order valence-electron chi connectivity index (χ0n) is 30.4. The van der Waals surface area contributed by atoms with Gasteiger partial charge in [0.15, 0.2) is 17.3 Å². The van der Waals surface area contributed by atoms with Crippen molar-refractivity contribution in [1.82, 2.24) is 24.7 Å². The third kappa shape index (κ3) is 8.31. The number of ketones is 2. The van der Waals surface area contributed by atoms with Crippen molar-refractivity contribution < 1.29 is 50.0 Å². The number of halogens is 3. The number of carbonyl (C=O) groups is 4. The second-order valence-electron chi connectivity index (χ2n) is 15.4. The van der Waals surface area contributed by atoms with Gasteiger partial charge in [-0.15, -0.1) is 0 Å². The van der Waals surface area contributed by atoms with Crippen molar-refractivity contribution in [2.45, 2.75) is 108 Å². The van der Waals surface area contributed by atoms with Crippen LogP contribution >= 0.6 is 0 Å². The van der Waals surface area contributed by atoms with Crippen LogP contribution in [0.5, 0.6) is 5.88 Å². The fourth-order valence-corrected chi connectivity index (χ4v) is 9.07. The van der Waals surface area contributed by atoms with E-state index in [2.05, 4.69) is 19.8 Å². The van der Waals surface area contributed by atoms with Crippen LogP contribution in [0.4, 0.5) is 13.2 Å².